The second-order valence-electron chi connectivity index (χ2n) is 15.4. The molecule has 0 amide bonds. The van der Waals surface area contributed by atoms with Crippen LogP contribution in [-0.4, -0.2) is 0 Å². The van der Waals surface area contributed by atoms with Crippen molar-refractivity contribution in [3.63, 3.8) is 0 Å². The molecular formula is C53H40. The third kappa shape index (κ3) is 4.90. The van der Waals surface area contributed by atoms with Crippen molar-refractivity contribution in [2.75, 3.05) is 0 Å². The Kier molecular flexibility index (Phi) is 7.07. The van der Waals surface area contributed by atoms with Gasteiger partial charge in [-0.2, -0.15) is 0 Å². The van der Waals surface area contributed by atoms with Crippen LogP contribution >= 0.6 is 0 Å². The Hall–Kier alpha value is -6.24. The molecule has 0 aliphatic heterocycles. The van der Waals surface area contributed by atoms with E-state index in [4.69, 9.17) is 0 Å². The standard InChI is InChI=1S/C53H40/c1-33-21-22-34(2)47(29-33)51-43-16-7-9-18-45(43)52(46-19-10-8-17-44(46)51)48-31-39(30-38-13-5-6-14-40(38)48)36-25-23-35(24-26-36)37-27-28-42-41-15-11-12-20-49(41)53(3,4)50(42)32-37/h5-32H,1-4H3. The van der Waals surface area contributed by atoms with Gasteiger partial charge in [-0.25, -0.2) is 0 Å². The molecule has 53 heavy (non-hydrogen) atoms. The highest BCUT2D eigenvalue weighted by Gasteiger charge is 2.35. The SMILES string of the molecule is Cc1ccc(C)c(-c2c3ccccc3c(-c3cc(-c4ccc(-c5ccc6c(c5)C(C)(C)c5ccccc5-6)cc4)cc4ccccc34)c3ccccc23)c1. The van der Waals surface area contributed by atoms with E-state index in [0.29, 0.717) is 0 Å². The highest BCUT2D eigenvalue weighted by atomic mass is 14.4. The molecule has 0 spiro atoms. The van der Waals surface area contributed by atoms with Gasteiger partial charge in [-0.05, 0) is 137 Å². The Morgan fingerprint density at radius 2 is 0.868 bits per heavy atom. The summed E-state index contributed by atoms with van der Waals surface area (Å²) < 4.78 is 0. The normalized spacial score (nSPS) is 13.1. The third-order valence-electron chi connectivity index (χ3n) is 11.9. The number of fused-ring (bicyclic) bond motifs is 6. The summed E-state index contributed by atoms with van der Waals surface area (Å²) in [6.07, 6.45) is 0. The monoisotopic (exact) mass is 676 g/mol. The average molecular weight is 677 g/mol. The van der Waals surface area contributed by atoms with Gasteiger partial charge in [0.1, 0.15) is 0 Å². The second-order valence-corrected chi connectivity index (χ2v) is 15.4. The molecule has 10 rings (SSSR count). The van der Waals surface area contributed by atoms with Crippen LogP contribution in [0.1, 0.15) is 36.1 Å². The minimum Gasteiger partial charge on any atom is -0.0619 e. The molecule has 0 saturated carbocycles. The summed E-state index contributed by atoms with van der Waals surface area (Å²) in [6, 6.07) is 63.6. The highest BCUT2D eigenvalue weighted by Crippen LogP contribution is 2.50. The van der Waals surface area contributed by atoms with Crippen LogP contribution in [0.5, 0.6) is 0 Å². The van der Waals surface area contributed by atoms with E-state index in [1.807, 2.05) is 0 Å². The molecule has 0 saturated heterocycles. The molecule has 1 aliphatic carbocycles. The maximum Gasteiger partial charge on any atom is 0.0159 e. The minimum absolute atomic E-state index is 0.0191. The third-order valence-corrected chi connectivity index (χ3v) is 11.9. The number of hydrogen-bond donors (Lipinski definition) is 0. The Bertz CT molecular complexity index is 2860. The van der Waals surface area contributed by atoms with E-state index in [9.17, 15) is 0 Å². The average Bonchev–Trinajstić information content (AvgIpc) is 3.43. The summed E-state index contributed by atoms with van der Waals surface area (Å²) in [6.45, 7) is 9.13. The summed E-state index contributed by atoms with van der Waals surface area (Å²) in [5, 5.41) is 7.65. The molecule has 252 valence electrons. The van der Waals surface area contributed by atoms with Crippen LogP contribution in [0.2, 0.25) is 0 Å². The van der Waals surface area contributed by atoms with Gasteiger partial charge in [0.05, 0.1) is 0 Å². The summed E-state index contributed by atoms with van der Waals surface area (Å²) >= 11 is 0. The van der Waals surface area contributed by atoms with Crippen molar-refractivity contribution in [3.05, 3.63) is 192 Å². The largest absolute Gasteiger partial charge is 0.0619 e. The maximum atomic E-state index is 2.43. The molecule has 0 bridgehead atoms. The molecule has 0 nitrogen and oxygen atoms in total. The lowest BCUT2D eigenvalue weighted by atomic mass is 9.81. The lowest BCUT2D eigenvalue weighted by Gasteiger charge is -2.22. The Morgan fingerprint density at radius 1 is 0.340 bits per heavy atom. The number of aryl methyl sites for hydroxylation is 2. The minimum atomic E-state index is -0.0191. The first-order chi connectivity index (χ1) is 25.9. The highest BCUT2D eigenvalue weighted by molar-refractivity contribution is 6.24. The Labute approximate surface area is 312 Å². The quantitative estimate of drug-likeness (QED) is 0.163. The zero-order valence-electron chi connectivity index (χ0n) is 30.7. The van der Waals surface area contributed by atoms with Gasteiger partial charge >= 0.3 is 0 Å². The first kappa shape index (κ1) is 31.5. The van der Waals surface area contributed by atoms with E-state index in [1.165, 1.54) is 110 Å². The lowest BCUT2D eigenvalue weighted by molar-refractivity contribution is 0.660. The molecule has 0 atom stereocenters. The predicted molar refractivity (Wildman–Crippen MR) is 228 cm³/mol. The molecule has 0 aromatic heterocycles. The van der Waals surface area contributed by atoms with Gasteiger partial charge in [0.2, 0.25) is 0 Å². The molecule has 0 unspecified atom stereocenters. The fraction of sp³-hybridized carbons (Fsp3) is 0.0943. The molecule has 0 heterocycles. The Morgan fingerprint density at radius 3 is 1.55 bits per heavy atom. The van der Waals surface area contributed by atoms with Crippen LogP contribution in [0.4, 0.5) is 0 Å². The molecular weight excluding hydrogens is 637 g/mol. The van der Waals surface area contributed by atoms with Crippen LogP contribution in [0, 0.1) is 13.8 Å². The van der Waals surface area contributed by atoms with Crippen LogP contribution in [0.25, 0.3) is 88.0 Å². The predicted octanol–water partition coefficient (Wildman–Crippen LogP) is 14.7. The van der Waals surface area contributed by atoms with Gasteiger partial charge in [0.25, 0.3) is 0 Å². The molecule has 0 heteroatoms. The zero-order valence-corrected chi connectivity index (χ0v) is 30.7. The van der Waals surface area contributed by atoms with Crippen LogP contribution in [-0.2, 0) is 5.41 Å². The van der Waals surface area contributed by atoms with Crippen molar-refractivity contribution in [2.24, 2.45) is 0 Å². The van der Waals surface area contributed by atoms with E-state index in [1.54, 1.807) is 0 Å². The van der Waals surface area contributed by atoms with Gasteiger partial charge in [-0.15, -0.1) is 0 Å². The van der Waals surface area contributed by atoms with Crippen molar-refractivity contribution in [2.45, 2.75) is 33.1 Å². The van der Waals surface area contributed by atoms with Crippen molar-refractivity contribution >= 4 is 32.3 Å². The number of hydrogen-bond acceptors (Lipinski definition) is 0. The van der Waals surface area contributed by atoms with E-state index < -0.39 is 0 Å². The molecule has 9 aromatic rings. The summed E-state index contributed by atoms with van der Waals surface area (Å²) in [5.74, 6) is 0. The molecule has 1 aliphatic rings. The van der Waals surface area contributed by atoms with Crippen LogP contribution in [0.3, 0.4) is 0 Å². The van der Waals surface area contributed by atoms with Gasteiger partial charge in [0, 0.05) is 5.41 Å². The van der Waals surface area contributed by atoms with E-state index in [-0.39, 0.29) is 5.41 Å². The van der Waals surface area contributed by atoms with E-state index >= 15 is 0 Å². The van der Waals surface area contributed by atoms with Crippen LogP contribution in [0.15, 0.2) is 170 Å². The summed E-state index contributed by atoms with van der Waals surface area (Å²) in [7, 11) is 0. The fourth-order valence-electron chi connectivity index (χ4n) is 9.14. The van der Waals surface area contributed by atoms with Crippen molar-refractivity contribution in [3.8, 4) is 55.6 Å². The summed E-state index contributed by atoms with van der Waals surface area (Å²) in [5.41, 5.74) is 18.2. The summed E-state index contributed by atoms with van der Waals surface area (Å²) in [4.78, 5) is 0. The zero-order chi connectivity index (χ0) is 35.8. The molecule has 0 N–H and O–H groups in total. The Balaban J connectivity index is 1.14. The van der Waals surface area contributed by atoms with Crippen molar-refractivity contribution in [1.82, 2.24) is 0 Å². The van der Waals surface area contributed by atoms with E-state index in [0.717, 1.165) is 0 Å². The first-order valence-electron chi connectivity index (χ1n) is 18.8. The van der Waals surface area contributed by atoms with Crippen molar-refractivity contribution in [1.29, 1.82) is 0 Å². The molecule has 0 radical (unpaired) electrons. The number of rotatable bonds is 4. The van der Waals surface area contributed by atoms with E-state index in [2.05, 4.69) is 198 Å². The van der Waals surface area contributed by atoms with Gasteiger partial charge in [0.15, 0.2) is 0 Å². The molecule has 9 aromatic carbocycles. The number of benzene rings is 9. The fourth-order valence-corrected chi connectivity index (χ4v) is 9.14. The van der Waals surface area contributed by atoms with Gasteiger partial charge in [-0.3, -0.25) is 0 Å². The lowest BCUT2D eigenvalue weighted by Crippen LogP contribution is -2.14. The smallest absolute Gasteiger partial charge is 0.0159 e. The maximum absolute atomic E-state index is 2.43. The van der Waals surface area contributed by atoms with Crippen LogP contribution < -0.4 is 0 Å². The molecule has 0 fully saturated rings. The topological polar surface area (TPSA) is 0 Å². The first-order valence-corrected chi connectivity index (χ1v) is 18.8. The second kappa shape index (κ2) is 11.9. The van der Waals surface area contributed by atoms with Gasteiger partial charge in [-0.1, -0.05) is 171 Å². The van der Waals surface area contributed by atoms with Crippen molar-refractivity contribution < 1.29 is 0 Å². The van der Waals surface area contributed by atoms with Gasteiger partial charge < -0.3 is 0 Å².